The van der Waals surface area contributed by atoms with Gasteiger partial charge >= 0.3 is 6.03 Å². The number of imide groups is 1. The molecule has 4 amide bonds. The number of amides is 4. The minimum atomic E-state index is -0.795. The second-order valence-electron chi connectivity index (χ2n) is 9.27. The van der Waals surface area contributed by atoms with Crippen molar-refractivity contribution in [1.29, 1.82) is 0 Å². The van der Waals surface area contributed by atoms with Gasteiger partial charge in [-0.1, -0.05) is 13.8 Å². The number of hydrogen-bond acceptors (Lipinski definition) is 4. The zero-order chi connectivity index (χ0) is 20.9. The monoisotopic (exact) mass is 401 g/mol. The second kappa shape index (κ2) is 7.15. The molecule has 0 atom stereocenters. The Hall–Kier alpha value is -2.38. The van der Waals surface area contributed by atoms with Crippen LogP contribution in [-0.2, 0) is 11.8 Å². The molecule has 4 rings (SSSR count). The van der Waals surface area contributed by atoms with Crippen LogP contribution in [0.25, 0.3) is 0 Å². The van der Waals surface area contributed by atoms with E-state index in [2.05, 4.69) is 18.9 Å². The molecular weight excluding hydrogens is 370 g/mol. The van der Waals surface area contributed by atoms with Crippen LogP contribution in [0.2, 0.25) is 0 Å². The number of nitrogens with zero attached hydrogens (tertiary/aromatic N) is 5. The van der Waals surface area contributed by atoms with Crippen LogP contribution in [0, 0.1) is 18.8 Å². The largest absolute Gasteiger partial charge is 0.338 e. The molecule has 0 radical (unpaired) electrons. The number of piperidine rings is 1. The molecule has 29 heavy (non-hydrogen) atoms. The fourth-order valence-corrected chi connectivity index (χ4v) is 4.66. The predicted molar refractivity (Wildman–Crippen MR) is 107 cm³/mol. The van der Waals surface area contributed by atoms with E-state index in [1.54, 1.807) is 27.7 Å². The molecule has 1 aromatic rings. The summed E-state index contributed by atoms with van der Waals surface area (Å²) in [7, 11) is 1.80. The lowest BCUT2D eigenvalue weighted by atomic mass is 9.85. The van der Waals surface area contributed by atoms with Gasteiger partial charge in [-0.25, -0.2) is 4.79 Å². The van der Waals surface area contributed by atoms with Crippen molar-refractivity contribution in [3.8, 4) is 0 Å². The Morgan fingerprint density at radius 3 is 2.41 bits per heavy atom. The number of hydrogen-bond donors (Lipinski definition) is 0. The van der Waals surface area contributed by atoms with Crippen molar-refractivity contribution >= 4 is 17.8 Å². The fourth-order valence-electron chi connectivity index (χ4n) is 4.66. The standard InChI is InChI=1S/C21H31N5O3/c1-14(2)11-26-20(29)25(12-16-5-6-16)19(28)21(26)7-9-24(10-8-21)18(27)17-13-23(4)22-15(17)3/h13-14,16H,5-12H2,1-4H3. The maximum absolute atomic E-state index is 13.4. The van der Waals surface area contributed by atoms with Gasteiger partial charge in [-0.2, -0.15) is 5.10 Å². The fraction of sp³-hybridized carbons (Fsp3) is 0.714. The Kier molecular flexibility index (Phi) is 4.91. The minimum Gasteiger partial charge on any atom is -0.338 e. The van der Waals surface area contributed by atoms with Crippen LogP contribution >= 0.6 is 0 Å². The molecule has 1 aliphatic carbocycles. The highest BCUT2D eigenvalue weighted by Gasteiger charge is 2.58. The molecule has 158 valence electrons. The molecule has 0 aromatic carbocycles. The highest BCUT2D eigenvalue weighted by molar-refractivity contribution is 6.07. The molecule has 3 aliphatic rings. The third kappa shape index (κ3) is 3.42. The number of aryl methyl sites for hydroxylation is 2. The smallest absolute Gasteiger partial charge is 0.327 e. The Labute approximate surface area is 171 Å². The van der Waals surface area contributed by atoms with E-state index >= 15 is 0 Å². The molecule has 8 heteroatoms. The second-order valence-corrected chi connectivity index (χ2v) is 9.27. The topological polar surface area (TPSA) is 78.8 Å². The molecule has 3 fully saturated rings. The van der Waals surface area contributed by atoms with Gasteiger partial charge in [0.15, 0.2) is 0 Å². The van der Waals surface area contributed by atoms with Crippen molar-refractivity contribution in [2.45, 2.75) is 52.0 Å². The van der Waals surface area contributed by atoms with E-state index in [4.69, 9.17) is 0 Å². The first kappa shape index (κ1) is 19.9. The van der Waals surface area contributed by atoms with E-state index in [0.717, 1.165) is 12.8 Å². The summed E-state index contributed by atoms with van der Waals surface area (Å²) in [5.74, 6) is 0.642. The molecule has 8 nitrogen and oxygen atoms in total. The van der Waals surface area contributed by atoms with Crippen molar-refractivity contribution in [3.63, 3.8) is 0 Å². The van der Waals surface area contributed by atoms with Crippen LogP contribution in [0.15, 0.2) is 6.20 Å². The average molecular weight is 402 g/mol. The van der Waals surface area contributed by atoms with Gasteiger partial charge in [0.05, 0.1) is 11.3 Å². The van der Waals surface area contributed by atoms with Gasteiger partial charge in [-0.15, -0.1) is 0 Å². The van der Waals surface area contributed by atoms with E-state index in [9.17, 15) is 14.4 Å². The van der Waals surface area contributed by atoms with Crippen molar-refractivity contribution in [3.05, 3.63) is 17.5 Å². The lowest BCUT2D eigenvalue weighted by Crippen LogP contribution is -2.58. The van der Waals surface area contributed by atoms with Crippen LogP contribution in [0.5, 0.6) is 0 Å². The van der Waals surface area contributed by atoms with E-state index in [0.29, 0.717) is 56.2 Å². The summed E-state index contributed by atoms with van der Waals surface area (Å²) < 4.78 is 1.65. The lowest BCUT2D eigenvalue weighted by molar-refractivity contribution is -0.135. The maximum atomic E-state index is 13.4. The lowest BCUT2D eigenvalue weighted by Gasteiger charge is -2.42. The number of urea groups is 1. The van der Waals surface area contributed by atoms with Gasteiger partial charge in [-0.05, 0) is 44.4 Å². The van der Waals surface area contributed by atoms with Crippen LogP contribution in [0.1, 0.15) is 55.6 Å². The number of carbonyl (C=O) groups is 3. The van der Waals surface area contributed by atoms with Crippen molar-refractivity contribution < 1.29 is 14.4 Å². The normalized spacial score (nSPS) is 21.8. The minimum absolute atomic E-state index is 0.0486. The Bertz CT molecular complexity index is 833. The molecule has 2 aliphatic heterocycles. The van der Waals surface area contributed by atoms with Crippen LogP contribution in [0.3, 0.4) is 0 Å². The van der Waals surface area contributed by atoms with E-state index in [-0.39, 0.29) is 23.8 Å². The van der Waals surface area contributed by atoms with Gasteiger partial charge in [-0.3, -0.25) is 19.2 Å². The number of carbonyl (C=O) groups excluding carboxylic acids is 3. The molecule has 1 aromatic heterocycles. The number of likely N-dealkylation sites (tertiary alicyclic amines) is 1. The molecular formula is C21H31N5O3. The first-order valence-electron chi connectivity index (χ1n) is 10.7. The van der Waals surface area contributed by atoms with Gasteiger partial charge in [0.2, 0.25) is 0 Å². The zero-order valence-electron chi connectivity index (χ0n) is 17.8. The average Bonchev–Trinajstić information content (AvgIpc) is 3.41. The van der Waals surface area contributed by atoms with Gasteiger partial charge in [0.25, 0.3) is 11.8 Å². The maximum Gasteiger partial charge on any atom is 0.327 e. The SMILES string of the molecule is Cc1nn(C)cc1C(=O)N1CCC2(CC1)C(=O)N(CC1CC1)C(=O)N2CC(C)C. The summed E-state index contributed by atoms with van der Waals surface area (Å²) in [6, 6.07) is -0.140. The third-order valence-electron chi connectivity index (χ3n) is 6.43. The van der Waals surface area contributed by atoms with Crippen molar-refractivity contribution in [2.24, 2.45) is 18.9 Å². The van der Waals surface area contributed by atoms with E-state index < -0.39 is 5.54 Å². The summed E-state index contributed by atoms with van der Waals surface area (Å²) in [4.78, 5) is 44.6. The molecule has 2 saturated heterocycles. The quantitative estimate of drug-likeness (QED) is 0.708. The van der Waals surface area contributed by atoms with E-state index in [1.165, 1.54) is 4.90 Å². The van der Waals surface area contributed by atoms with Gasteiger partial charge in [0, 0.05) is 39.4 Å². The number of aromatic nitrogens is 2. The summed E-state index contributed by atoms with van der Waals surface area (Å²) in [6.07, 6.45) is 4.93. The van der Waals surface area contributed by atoms with Crippen molar-refractivity contribution in [1.82, 2.24) is 24.5 Å². The molecule has 1 saturated carbocycles. The molecule has 0 bridgehead atoms. The highest BCUT2D eigenvalue weighted by Crippen LogP contribution is 2.40. The van der Waals surface area contributed by atoms with Crippen LogP contribution < -0.4 is 0 Å². The summed E-state index contributed by atoms with van der Waals surface area (Å²) in [5, 5.41) is 4.26. The number of rotatable bonds is 5. The summed E-state index contributed by atoms with van der Waals surface area (Å²) in [5.41, 5.74) is 0.519. The van der Waals surface area contributed by atoms with Crippen molar-refractivity contribution in [2.75, 3.05) is 26.2 Å². The van der Waals surface area contributed by atoms with Gasteiger partial charge < -0.3 is 9.80 Å². The first-order valence-corrected chi connectivity index (χ1v) is 10.7. The van der Waals surface area contributed by atoms with Crippen LogP contribution in [0.4, 0.5) is 4.79 Å². The molecule has 3 heterocycles. The predicted octanol–water partition coefficient (Wildman–Crippen LogP) is 2.03. The Balaban J connectivity index is 1.53. The molecule has 0 N–H and O–H groups in total. The molecule has 1 spiro atoms. The summed E-state index contributed by atoms with van der Waals surface area (Å²) in [6.45, 7) is 8.03. The summed E-state index contributed by atoms with van der Waals surface area (Å²) >= 11 is 0. The molecule has 0 unspecified atom stereocenters. The zero-order valence-corrected chi connectivity index (χ0v) is 17.8. The Morgan fingerprint density at radius 1 is 1.24 bits per heavy atom. The van der Waals surface area contributed by atoms with Crippen LogP contribution in [-0.4, -0.2) is 74.0 Å². The van der Waals surface area contributed by atoms with E-state index in [1.807, 2.05) is 6.92 Å². The third-order valence-corrected chi connectivity index (χ3v) is 6.43. The Morgan fingerprint density at radius 2 is 1.90 bits per heavy atom. The highest BCUT2D eigenvalue weighted by atomic mass is 16.2. The first-order chi connectivity index (χ1) is 13.7. The van der Waals surface area contributed by atoms with Gasteiger partial charge in [0.1, 0.15) is 5.54 Å².